The Kier molecular flexibility index (Phi) is 5.00. The second-order valence-electron chi connectivity index (χ2n) is 6.17. The highest BCUT2D eigenvalue weighted by molar-refractivity contribution is 9.10. The molecule has 0 bridgehead atoms. The molecule has 0 aromatic heterocycles. The Morgan fingerprint density at radius 1 is 1.41 bits per heavy atom. The van der Waals surface area contributed by atoms with E-state index < -0.39 is 6.10 Å². The van der Waals surface area contributed by atoms with Crippen LogP contribution in [0, 0.1) is 5.92 Å². The molecule has 2 heterocycles. The van der Waals surface area contributed by atoms with Crippen LogP contribution in [-0.2, 0) is 4.79 Å². The van der Waals surface area contributed by atoms with Gasteiger partial charge in [0.2, 0.25) is 5.91 Å². The summed E-state index contributed by atoms with van der Waals surface area (Å²) in [5.74, 6) is 0.498. The zero-order chi connectivity index (χ0) is 15.5. The summed E-state index contributed by atoms with van der Waals surface area (Å²) in [6, 6.07) is 8.12. The number of rotatable bonds is 4. The van der Waals surface area contributed by atoms with Gasteiger partial charge in [0.25, 0.3) is 0 Å². The van der Waals surface area contributed by atoms with Gasteiger partial charge in [-0.05, 0) is 43.0 Å². The first kappa shape index (κ1) is 15.8. The SMILES string of the molecule is O=C(NCC1CCN(c2ccc(Br)cc2)C1)C1CC(O)CN1. The summed E-state index contributed by atoms with van der Waals surface area (Å²) in [5, 5.41) is 15.5. The Balaban J connectivity index is 1.45. The first-order valence-electron chi connectivity index (χ1n) is 7.81. The fourth-order valence-corrected chi connectivity index (χ4v) is 3.43. The molecule has 0 saturated carbocycles. The highest BCUT2D eigenvalue weighted by atomic mass is 79.9. The van der Waals surface area contributed by atoms with Crippen molar-refractivity contribution in [3.8, 4) is 0 Å². The molecule has 3 rings (SSSR count). The molecule has 0 radical (unpaired) electrons. The van der Waals surface area contributed by atoms with Crippen LogP contribution in [0.1, 0.15) is 12.8 Å². The summed E-state index contributed by atoms with van der Waals surface area (Å²) >= 11 is 3.45. The summed E-state index contributed by atoms with van der Waals surface area (Å²) < 4.78 is 1.09. The van der Waals surface area contributed by atoms with Gasteiger partial charge < -0.3 is 20.6 Å². The van der Waals surface area contributed by atoms with E-state index in [-0.39, 0.29) is 11.9 Å². The van der Waals surface area contributed by atoms with Crippen molar-refractivity contribution in [3.63, 3.8) is 0 Å². The quantitative estimate of drug-likeness (QED) is 0.745. The molecule has 3 atom stereocenters. The molecule has 1 amide bonds. The highest BCUT2D eigenvalue weighted by Crippen LogP contribution is 2.25. The maximum Gasteiger partial charge on any atom is 0.237 e. The lowest BCUT2D eigenvalue weighted by Gasteiger charge is -2.19. The number of amides is 1. The molecule has 3 unspecified atom stereocenters. The molecular weight excluding hydrogens is 346 g/mol. The molecule has 0 aliphatic carbocycles. The number of halogens is 1. The van der Waals surface area contributed by atoms with Crippen molar-refractivity contribution in [2.24, 2.45) is 5.92 Å². The molecule has 5 nitrogen and oxygen atoms in total. The lowest BCUT2D eigenvalue weighted by molar-refractivity contribution is -0.123. The number of anilines is 1. The molecule has 3 N–H and O–H groups in total. The second kappa shape index (κ2) is 6.98. The van der Waals surface area contributed by atoms with E-state index in [1.54, 1.807) is 0 Å². The fraction of sp³-hybridized carbons (Fsp3) is 0.562. The van der Waals surface area contributed by atoms with E-state index in [2.05, 4.69) is 55.7 Å². The Bertz CT molecular complexity index is 523. The third kappa shape index (κ3) is 3.80. The predicted molar refractivity (Wildman–Crippen MR) is 89.9 cm³/mol. The van der Waals surface area contributed by atoms with Gasteiger partial charge in [-0.25, -0.2) is 0 Å². The van der Waals surface area contributed by atoms with Gasteiger partial charge in [-0.1, -0.05) is 15.9 Å². The van der Waals surface area contributed by atoms with Gasteiger partial charge in [0, 0.05) is 36.3 Å². The molecule has 2 saturated heterocycles. The average molecular weight is 368 g/mol. The summed E-state index contributed by atoms with van der Waals surface area (Å²) in [6.45, 7) is 3.23. The van der Waals surface area contributed by atoms with Crippen LogP contribution in [0.3, 0.4) is 0 Å². The number of hydrogen-bond acceptors (Lipinski definition) is 4. The number of nitrogens with zero attached hydrogens (tertiary/aromatic N) is 1. The van der Waals surface area contributed by atoms with Crippen molar-refractivity contribution in [2.45, 2.75) is 25.0 Å². The summed E-state index contributed by atoms with van der Waals surface area (Å²) in [4.78, 5) is 14.4. The van der Waals surface area contributed by atoms with Crippen molar-refractivity contribution in [1.82, 2.24) is 10.6 Å². The summed E-state index contributed by atoms with van der Waals surface area (Å²) in [5.41, 5.74) is 1.23. The summed E-state index contributed by atoms with van der Waals surface area (Å²) in [7, 11) is 0. The van der Waals surface area contributed by atoms with Crippen LogP contribution in [0.25, 0.3) is 0 Å². The molecular formula is C16H22BrN3O2. The number of nitrogens with one attached hydrogen (secondary N) is 2. The number of carbonyl (C=O) groups excluding carboxylic acids is 1. The van der Waals surface area contributed by atoms with Crippen LogP contribution in [0.4, 0.5) is 5.69 Å². The fourth-order valence-electron chi connectivity index (χ4n) is 3.17. The Morgan fingerprint density at radius 2 is 2.18 bits per heavy atom. The number of aliphatic hydroxyl groups excluding tert-OH is 1. The monoisotopic (exact) mass is 367 g/mol. The maximum absolute atomic E-state index is 12.0. The zero-order valence-corrected chi connectivity index (χ0v) is 14.1. The van der Waals surface area contributed by atoms with E-state index in [1.165, 1.54) is 5.69 Å². The minimum atomic E-state index is -0.393. The van der Waals surface area contributed by atoms with Crippen LogP contribution in [0.5, 0.6) is 0 Å². The molecule has 2 aliphatic heterocycles. The summed E-state index contributed by atoms with van der Waals surface area (Å²) in [6.07, 6.45) is 1.22. The third-order valence-corrected chi connectivity index (χ3v) is 5.00. The van der Waals surface area contributed by atoms with Crippen LogP contribution in [-0.4, -0.2) is 49.3 Å². The van der Waals surface area contributed by atoms with E-state index in [1.807, 2.05) is 0 Å². The van der Waals surface area contributed by atoms with Crippen LogP contribution >= 0.6 is 15.9 Å². The van der Waals surface area contributed by atoms with Gasteiger partial charge in [0.15, 0.2) is 0 Å². The van der Waals surface area contributed by atoms with Crippen LogP contribution < -0.4 is 15.5 Å². The van der Waals surface area contributed by atoms with Gasteiger partial charge >= 0.3 is 0 Å². The molecule has 2 aliphatic rings. The van der Waals surface area contributed by atoms with Gasteiger partial charge in [0.1, 0.15) is 0 Å². The van der Waals surface area contributed by atoms with E-state index in [0.717, 1.165) is 24.0 Å². The van der Waals surface area contributed by atoms with Crippen molar-refractivity contribution in [1.29, 1.82) is 0 Å². The molecule has 120 valence electrons. The smallest absolute Gasteiger partial charge is 0.237 e. The van der Waals surface area contributed by atoms with E-state index in [4.69, 9.17) is 0 Å². The first-order valence-corrected chi connectivity index (χ1v) is 8.61. The second-order valence-corrected chi connectivity index (χ2v) is 7.09. The topological polar surface area (TPSA) is 64.6 Å². The van der Waals surface area contributed by atoms with Crippen LogP contribution in [0.2, 0.25) is 0 Å². The molecule has 2 fully saturated rings. The van der Waals surface area contributed by atoms with E-state index in [9.17, 15) is 9.90 Å². The Hall–Kier alpha value is -1.11. The third-order valence-electron chi connectivity index (χ3n) is 4.47. The van der Waals surface area contributed by atoms with Gasteiger partial charge in [-0.3, -0.25) is 4.79 Å². The van der Waals surface area contributed by atoms with E-state index >= 15 is 0 Å². The normalized spacial score (nSPS) is 28.1. The van der Waals surface area contributed by atoms with Crippen molar-refractivity contribution >= 4 is 27.5 Å². The predicted octanol–water partition coefficient (Wildman–Crippen LogP) is 1.11. The lowest BCUT2D eigenvalue weighted by Crippen LogP contribution is -2.42. The lowest BCUT2D eigenvalue weighted by atomic mass is 10.1. The molecule has 1 aromatic carbocycles. The Morgan fingerprint density at radius 3 is 2.86 bits per heavy atom. The highest BCUT2D eigenvalue weighted by Gasteiger charge is 2.29. The van der Waals surface area contributed by atoms with Gasteiger partial charge in [-0.15, -0.1) is 0 Å². The van der Waals surface area contributed by atoms with E-state index in [0.29, 0.717) is 25.4 Å². The Labute approximate surface area is 139 Å². The van der Waals surface area contributed by atoms with Gasteiger partial charge in [-0.2, -0.15) is 0 Å². The largest absolute Gasteiger partial charge is 0.392 e. The zero-order valence-electron chi connectivity index (χ0n) is 12.5. The van der Waals surface area contributed by atoms with Crippen LogP contribution in [0.15, 0.2) is 28.7 Å². The number of carbonyl (C=O) groups is 1. The van der Waals surface area contributed by atoms with Gasteiger partial charge in [0.05, 0.1) is 12.1 Å². The number of hydrogen-bond donors (Lipinski definition) is 3. The minimum Gasteiger partial charge on any atom is -0.392 e. The maximum atomic E-state index is 12.0. The molecule has 0 spiro atoms. The first-order chi connectivity index (χ1) is 10.6. The van der Waals surface area contributed by atoms with Crippen molar-refractivity contribution < 1.29 is 9.90 Å². The average Bonchev–Trinajstić information content (AvgIpc) is 3.15. The van der Waals surface area contributed by atoms with Crippen molar-refractivity contribution in [2.75, 3.05) is 31.1 Å². The minimum absolute atomic E-state index is 0.0126. The number of β-amino-alcohol motifs (C(OH)–C–C–N with tert-alkyl or cyclic N) is 1. The standard InChI is InChI=1S/C16H22BrN3O2/c17-12-1-3-13(4-2-12)20-6-5-11(10-20)8-19-16(22)15-7-14(21)9-18-15/h1-4,11,14-15,18,21H,5-10H2,(H,19,22). The molecule has 22 heavy (non-hydrogen) atoms. The number of benzene rings is 1. The molecule has 1 aromatic rings. The van der Waals surface area contributed by atoms with Crippen molar-refractivity contribution in [3.05, 3.63) is 28.7 Å². The number of aliphatic hydroxyl groups is 1. The molecule has 6 heteroatoms.